The van der Waals surface area contributed by atoms with E-state index in [1.807, 2.05) is 70.2 Å². The minimum absolute atomic E-state index is 0.157. The third-order valence-corrected chi connectivity index (χ3v) is 4.47. The first-order valence-corrected chi connectivity index (χ1v) is 9.37. The number of nitrogens with one attached hydrogen (secondary N) is 1. The van der Waals surface area contributed by atoms with Gasteiger partial charge in [-0.2, -0.15) is 4.98 Å². The maximum absolute atomic E-state index is 12.5. The van der Waals surface area contributed by atoms with Gasteiger partial charge < -0.3 is 14.6 Å². The van der Waals surface area contributed by atoms with Gasteiger partial charge >= 0.3 is 0 Å². The standard InChI is InChI=1S/C22H25N3O3/c1-5-18(27-19-12-15(3)6-9-16(19)4)22(26)23-13-20-24-21(25-28-20)17-10-7-14(2)8-11-17/h6-12,18H,5,13H2,1-4H3,(H,23,26). The van der Waals surface area contributed by atoms with Gasteiger partial charge in [-0.3, -0.25) is 4.79 Å². The summed E-state index contributed by atoms with van der Waals surface area (Å²) in [5, 5.41) is 6.80. The number of aromatic nitrogens is 2. The lowest BCUT2D eigenvalue weighted by atomic mass is 10.1. The van der Waals surface area contributed by atoms with Crippen LogP contribution in [0.1, 0.15) is 35.9 Å². The molecule has 1 heterocycles. The summed E-state index contributed by atoms with van der Waals surface area (Å²) >= 11 is 0. The van der Waals surface area contributed by atoms with Crippen LogP contribution in [-0.2, 0) is 11.3 Å². The van der Waals surface area contributed by atoms with Gasteiger partial charge in [0.2, 0.25) is 11.7 Å². The molecule has 3 aromatic rings. The molecule has 0 aliphatic carbocycles. The summed E-state index contributed by atoms with van der Waals surface area (Å²) in [6.45, 7) is 8.05. The summed E-state index contributed by atoms with van der Waals surface area (Å²) in [7, 11) is 0. The molecule has 28 heavy (non-hydrogen) atoms. The van der Waals surface area contributed by atoms with Crippen molar-refractivity contribution in [3.05, 3.63) is 65.0 Å². The van der Waals surface area contributed by atoms with Crippen molar-refractivity contribution in [3.63, 3.8) is 0 Å². The van der Waals surface area contributed by atoms with Crippen molar-refractivity contribution in [1.29, 1.82) is 0 Å². The molecule has 2 aromatic carbocycles. The molecule has 3 rings (SSSR count). The highest BCUT2D eigenvalue weighted by Gasteiger charge is 2.20. The Balaban J connectivity index is 1.61. The number of nitrogens with zero attached hydrogens (tertiary/aromatic N) is 2. The van der Waals surface area contributed by atoms with Crippen LogP contribution >= 0.6 is 0 Å². The highest BCUT2D eigenvalue weighted by atomic mass is 16.5. The van der Waals surface area contributed by atoms with Gasteiger partial charge in [-0.1, -0.05) is 54.0 Å². The fourth-order valence-corrected chi connectivity index (χ4v) is 2.73. The minimum atomic E-state index is -0.583. The summed E-state index contributed by atoms with van der Waals surface area (Å²) in [6, 6.07) is 13.8. The Hall–Kier alpha value is -3.15. The lowest BCUT2D eigenvalue weighted by Gasteiger charge is -2.18. The quantitative estimate of drug-likeness (QED) is 0.668. The maximum atomic E-state index is 12.5. The molecule has 146 valence electrons. The molecular weight excluding hydrogens is 354 g/mol. The lowest BCUT2D eigenvalue weighted by Crippen LogP contribution is -2.37. The van der Waals surface area contributed by atoms with Crippen LogP contribution in [0.3, 0.4) is 0 Å². The molecule has 0 radical (unpaired) electrons. The van der Waals surface area contributed by atoms with Crippen LogP contribution in [0, 0.1) is 20.8 Å². The first-order chi connectivity index (χ1) is 13.5. The summed E-state index contributed by atoms with van der Waals surface area (Å²) in [5.41, 5.74) is 4.12. The van der Waals surface area contributed by atoms with Crippen LogP contribution < -0.4 is 10.1 Å². The largest absolute Gasteiger partial charge is 0.480 e. The third-order valence-electron chi connectivity index (χ3n) is 4.47. The Bertz CT molecular complexity index is 948. The monoisotopic (exact) mass is 379 g/mol. The third kappa shape index (κ3) is 4.76. The van der Waals surface area contributed by atoms with Gasteiger partial charge in [-0.05, 0) is 44.4 Å². The van der Waals surface area contributed by atoms with E-state index in [9.17, 15) is 4.79 Å². The summed E-state index contributed by atoms with van der Waals surface area (Å²) in [6.07, 6.45) is -0.0301. The molecule has 0 spiro atoms. The number of benzene rings is 2. The van der Waals surface area contributed by atoms with E-state index in [1.165, 1.54) is 0 Å². The first kappa shape index (κ1) is 19.6. The number of amides is 1. The molecule has 0 aliphatic rings. The number of rotatable bonds is 7. The Morgan fingerprint density at radius 2 is 1.82 bits per heavy atom. The van der Waals surface area contributed by atoms with Gasteiger partial charge in [-0.25, -0.2) is 0 Å². The molecule has 6 heteroatoms. The molecule has 0 bridgehead atoms. The summed E-state index contributed by atoms with van der Waals surface area (Å²) < 4.78 is 11.2. The minimum Gasteiger partial charge on any atom is -0.480 e. The second kappa shape index (κ2) is 8.69. The van der Waals surface area contributed by atoms with Crippen LogP contribution in [0.5, 0.6) is 5.75 Å². The molecule has 0 fully saturated rings. The molecule has 1 amide bonds. The van der Waals surface area contributed by atoms with Gasteiger partial charge in [-0.15, -0.1) is 0 Å². The molecule has 1 atom stereocenters. The molecule has 1 unspecified atom stereocenters. The molecule has 1 N–H and O–H groups in total. The van der Waals surface area contributed by atoms with Gasteiger partial charge in [0.05, 0.1) is 6.54 Å². The maximum Gasteiger partial charge on any atom is 0.261 e. The number of hydrogen-bond acceptors (Lipinski definition) is 5. The normalized spacial score (nSPS) is 11.9. The number of carbonyl (C=O) groups excluding carboxylic acids is 1. The van der Waals surface area contributed by atoms with Crippen molar-refractivity contribution in [2.45, 2.75) is 46.8 Å². The predicted octanol–water partition coefficient (Wildman–Crippen LogP) is 4.14. The molecule has 0 saturated carbocycles. The number of ether oxygens (including phenoxy) is 1. The average Bonchev–Trinajstić information content (AvgIpc) is 3.16. The number of carbonyl (C=O) groups is 1. The van der Waals surface area contributed by atoms with Gasteiger partial charge in [0, 0.05) is 5.56 Å². The SMILES string of the molecule is CCC(Oc1cc(C)ccc1C)C(=O)NCc1nc(-c2ccc(C)cc2)no1. The van der Waals surface area contributed by atoms with E-state index < -0.39 is 6.10 Å². The van der Waals surface area contributed by atoms with Gasteiger partial charge in [0.15, 0.2) is 6.10 Å². The number of hydrogen-bond donors (Lipinski definition) is 1. The van der Waals surface area contributed by atoms with E-state index in [-0.39, 0.29) is 12.5 Å². The van der Waals surface area contributed by atoms with Crippen molar-refractivity contribution in [1.82, 2.24) is 15.5 Å². The average molecular weight is 379 g/mol. The van der Waals surface area contributed by atoms with E-state index >= 15 is 0 Å². The topological polar surface area (TPSA) is 77.2 Å². The van der Waals surface area contributed by atoms with Crippen molar-refractivity contribution >= 4 is 5.91 Å². The first-order valence-electron chi connectivity index (χ1n) is 9.37. The molecule has 0 saturated heterocycles. The van der Waals surface area contributed by atoms with Crippen LogP contribution in [0.4, 0.5) is 0 Å². The zero-order chi connectivity index (χ0) is 20.1. The van der Waals surface area contributed by atoms with Gasteiger partial charge in [0.1, 0.15) is 5.75 Å². The highest BCUT2D eigenvalue weighted by Crippen LogP contribution is 2.21. The predicted molar refractivity (Wildman–Crippen MR) is 107 cm³/mol. The molecule has 1 aromatic heterocycles. The fraction of sp³-hybridized carbons (Fsp3) is 0.318. The van der Waals surface area contributed by atoms with E-state index in [0.29, 0.717) is 18.1 Å². The van der Waals surface area contributed by atoms with Crippen LogP contribution in [-0.4, -0.2) is 22.2 Å². The Labute approximate surface area is 164 Å². The smallest absolute Gasteiger partial charge is 0.261 e. The van der Waals surface area contributed by atoms with Crippen molar-refractivity contribution < 1.29 is 14.1 Å². The summed E-state index contributed by atoms with van der Waals surface area (Å²) in [4.78, 5) is 16.9. The second-order valence-electron chi connectivity index (χ2n) is 6.88. The zero-order valence-corrected chi connectivity index (χ0v) is 16.7. The highest BCUT2D eigenvalue weighted by molar-refractivity contribution is 5.81. The molecule has 0 aliphatic heterocycles. The van der Waals surface area contributed by atoms with Crippen LogP contribution in [0.25, 0.3) is 11.4 Å². The van der Waals surface area contributed by atoms with E-state index in [2.05, 4.69) is 15.5 Å². The summed E-state index contributed by atoms with van der Waals surface area (Å²) in [5.74, 6) is 1.37. The second-order valence-corrected chi connectivity index (χ2v) is 6.88. The lowest BCUT2D eigenvalue weighted by molar-refractivity contribution is -0.128. The Morgan fingerprint density at radius 1 is 1.11 bits per heavy atom. The fourth-order valence-electron chi connectivity index (χ4n) is 2.73. The van der Waals surface area contributed by atoms with Crippen molar-refractivity contribution in [2.24, 2.45) is 0 Å². The molecule has 6 nitrogen and oxygen atoms in total. The van der Waals surface area contributed by atoms with E-state index in [4.69, 9.17) is 9.26 Å². The zero-order valence-electron chi connectivity index (χ0n) is 16.7. The van der Waals surface area contributed by atoms with Crippen molar-refractivity contribution in [3.8, 4) is 17.1 Å². The van der Waals surface area contributed by atoms with E-state index in [0.717, 1.165) is 28.0 Å². The molecular formula is C22H25N3O3. The van der Waals surface area contributed by atoms with Gasteiger partial charge in [0.25, 0.3) is 5.91 Å². The van der Waals surface area contributed by atoms with E-state index in [1.54, 1.807) is 0 Å². The van der Waals surface area contributed by atoms with Crippen molar-refractivity contribution in [2.75, 3.05) is 0 Å². The van der Waals surface area contributed by atoms with Crippen LogP contribution in [0.15, 0.2) is 47.0 Å². The Kier molecular flexibility index (Phi) is 6.09. The van der Waals surface area contributed by atoms with Crippen LogP contribution in [0.2, 0.25) is 0 Å². The Morgan fingerprint density at radius 3 is 2.54 bits per heavy atom. The number of aryl methyl sites for hydroxylation is 3.